The van der Waals surface area contributed by atoms with Crippen LogP contribution in [0.15, 0.2) is 0 Å². The molecule has 78 valence electrons. The number of hydrogen-bond donors (Lipinski definition) is 0. The number of nitrogens with zero attached hydrogens (tertiary/aromatic N) is 1. The van der Waals surface area contributed by atoms with Gasteiger partial charge in [0, 0.05) is 19.8 Å². The van der Waals surface area contributed by atoms with Gasteiger partial charge in [0.25, 0.3) is 0 Å². The summed E-state index contributed by atoms with van der Waals surface area (Å²) < 4.78 is 5.04. The first-order valence-corrected chi connectivity index (χ1v) is 5.61. The van der Waals surface area contributed by atoms with Gasteiger partial charge in [0.1, 0.15) is 0 Å². The lowest BCUT2D eigenvalue weighted by atomic mass is 10.1. The Balaban J connectivity index is 2.06. The maximum absolute atomic E-state index is 5.04. The number of rotatable bonds is 6. The van der Waals surface area contributed by atoms with E-state index in [-0.39, 0.29) is 0 Å². The van der Waals surface area contributed by atoms with Crippen LogP contribution in [0.2, 0.25) is 0 Å². The molecule has 1 heterocycles. The molecule has 13 heavy (non-hydrogen) atoms. The topological polar surface area (TPSA) is 12.5 Å². The maximum atomic E-state index is 5.04. The third-order valence-electron chi connectivity index (χ3n) is 3.01. The van der Waals surface area contributed by atoms with E-state index in [1.54, 1.807) is 7.11 Å². The largest absolute Gasteiger partial charge is 0.385 e. The molecule has 2 nitrogen and oxygen atoms in total. The Labute approximate surface area is 82.3 Å². The molecule has 1 rings (SSSR count). The molecular weight excluding hydrogens is 162 g/mol. The molecule has 0 aliphatic carbocycles. The van der Waals surface area contributed by atoms with Gasteiger partial charge in [-0.15, -0.1) is 0 Å². The molecule has 0 bridgehead atoms. The van der Waals surface area contributed by atoms with Gasteiger partial charge in [0.2, 0.25) is 0 Å². The summed E-state index contributed by atoms with van der Waals surface area (Å²) in [5.74, 6) is 0. The third kappa shape index (κ3) is 3.65. The molecule has 2 heteroatoms. The van der Waals surface area contributed by atoms with E-state index in [4.69, 9.17) is 4.74 Å². The van der Waals surface area contributed by atoms with Crippen molar-refractivity contribution < 1.29 is 4.74 Å². The van der Waals surface area contributed by atoms with Crippen molar-refractivity contribution in [2.45, 2.75) is 45.1 Å². The smallest absolute Gasteiger partial charge is 0.0462 e. The SMILES string of the molecule is CC[C@@H]1CCCN1CCCCOC. The second-order valence-electron chi connectivity index (χ2n) is 3.94. The second kappa shape index (κ2) is 6.39. The van der Waals surface area contributed by atoms with Crippen molar-refractivity contribution in [2.24, 2.45) is 0 Å². The van der Waals surface area contributed by atoms with Crippen LogP contribution in [0.4, 0.5) is 0 Å². The Morgan fingerprint density at radius 3 is 2.92 bits per heavy atom. The first-order chi connectivity index (χ1) is 6.38. The molecule has 0 aromatic carbocycles. The molecule has 0 aromatic heterocycles. The lowest BCUT2D eigenvalue weighted by Gasteiger charge is -2.22. The highest BCUT2D eigenvalue weighted by atomic mass is 16.5. The molecule has 0 aromatic rings. The Kier molecular flexibility index (Phi) is 5.40. The van der Waals surface area contributed by atoms with Crippen LogP contribution in [0.3, 0.4) is 0 Å². The molecule has 1 saturated heterocycles. The molecule has 1 atom stereocenters. The highest BCUT2D eigenvalue weighted by Crippen LogP contribution is 2.19. The highest BCUT2D eigenvalue weighted by Gasteiger charge is 2.21. The highest BCUT2D eigenvalue weighted by molar-refractivity contribution is 4.77. The van der Waals surface area contributed by atoms with E-state index in [0.717, 1.165) is 12.6 Å². The van der Waals surface area contributed by atoms with E-state index in [2.05, 4.69) is 11.8 Å². The maximum Gasteiger partial charge on any atom is 0.0462 e. The Hall–Kier alpha value is -0.0800. The van der Waals surface area contributed by atoms with E-state index in [1.165, 1.54) is 45.2 Å². The van der Waals surface area contributed by atoms with Gasteiger partial charge in [-0.05, 0) is 45.2 Å². The van der Waals surface area contributed by atoms with Crippen molar-refractivity contribution in [3.05, 3.63) is 0 Å². The summed E-state index contributed by atoms with van der Waals surface area (Å²) in [4.78, 5) is 2.65. The Bertz CT molecular complexity index is 127. The molecule has 0 radical (unpaired) electrons. The number of ether oxygens (including phenoxy) is 1. The molecule has 1 aliphatic heterocycles. The van der Waals surface area contributed by atoms with Crippen LogP contribution in [0.5, 0.6) is 0 Å². The molecule has 0 N–H and O–H groups in total. The fourth-order valence-electron chi connectivity index (χ4n) is 2.21. The van der Waals surface area contributed by atoms with Gasteiger partial charge in [0.05, 0.1) is 0 Å². The van der Waals surface area contributed by atoms with Crippen molar-refractivity contribution >= 4 is 0 Å². The summed E-state index contributed by atoms with van der Waals surface area (Å²) in [5.41, 5.74) is 0. The number of methoxy groups -OCH3 is 1. The molecular formula is C11H23NO. The zero-order valence-corrected chi connectivity index (χ0v) is 9.09. The van der Waals surface area contributed by atoms with E-state index in [9.17, 15) is 0 Å². The van der Waals surface area contributed by atoms with E-state index in [0.29, 0.717) is 0 Å². The van der Waals surface area contributed by atoms with Crippen molar-refractivity contribution in [3.8, 4) is 0 Å². The lowest BCUT2D eigenvalue weighted by Crippen LogP contribution is -2.29. The predicted octanol–water partition coefficient (Wildman–Crippen LogP) is 2.29. The summed E-state index contributed by atoms with van der Waals surface area (Å²) in [5, 5.41) is 0. The van der Waals surface area contributed by atoms with Crippen LogP contribution in [-0.2, 0) is 4.74 Å². The normalized spacial score (nSPS) is 24.0. The number of unbranched alkanes of at least 4 members (excludes halogenated alkanes) is 1. The molecule has 0 unspecified atom stereocenters. The molecule has 1 aliphatic rings. The van der Waals surface area contributed by atoms with Gasteiger partial charge >= 0.3 is 0 Å². The van der Waals surface area contributed by atoms with Crippen molar-refractivity contribution in [1.82, 2.24) is 4.90 Å². The minimum absolute atomic E-state index is 0.877. The average Bonchev–Trinajstić information content (AvgIpc) is 2.60. The van der Waals surface area contributed by atoms with Crippen LogP contribution in [0.25, 0.3) is 0 Å². The summed E-state index contributed by atoms with van der Waals surface area (Å²) in [6, 6.07) is 0.877. The number of hydrogen-bond acceptors (Lipinski definition) is 2. The quantitative estimate of drug-likeness (QED) is 0.589. The van der Waals surface area contributed by atoms with Crippen molar-refractivity contribution in [1.29, 1.82) is 0 Å². The fraction of sp³-hybridized carbons (Fsp3) is 1.00. The zero-order valence-electron chi connectivity index (χ0n) is 9.09. The molecule has 0 saturated carbocycles. The standard InChI is InChI=1S/C11H23NO/c1-3-11-7-6-9-12(11)8-4-5-10-13-2/h11H,3-10H2,1-2H3/t11-/m1/s1. The summed E-state index contributed by atoms with van der Waals surface area (Å²) >= 11 is 0. The molecule has 0 spiro atoms. The van der Waals surface area contributed by atoms with E-state index < -0.39 is 0 Å². The fourth-order valence-corrected chi connectivity index (χ4v) is 2.21. The first-order valence-electron chi connectivity index (χ1n) is 5.61. The van der Waals surface area contributed by atoms with Gasteiger partial charge in [-0.25, -0.2) is 0 Å². The zero-order chi connectivity index (χ0) is 9.52. The predicted molar refractivity (Wildman–Crippen MR) is 56.0 cm³/mol. The van der Waals surface area contributed by atoms with Crippen molar-refractivity contribution in [3.63, 3.8) is 0 Å². The first kappa shape index (κ1) is 11.0. The average molecular weight is 185 g/mol. The number of likely N-dealkylation sites (tertiary alicyclic amines) is 1. The summed E-state index contributed by atoms with van der Waals surface area (Å²) in [6.45, 7) is 5.83. The lowest BCUT2D eigenvalue weighted by molar-refractivity contribution is 0.180. The Morgan fingerprint density at radius 1 is 1.38 bits per heavy atom. The van der Waals surface area contributed by atoms with E-state index >= 15 is 0 Å². The monoisotopic (exact) mass is 185 g/mol. The minimum atomic E-state index is 0.877. The van der Waals surface area contributed by atoms with Crippen LogP contribution in [0.1, 0.15) is 39.0 Å². The van der Waals surface area contributed by atoms with Crippen LogP contribution in [0, 0.1) is 0 Å². The minimum Gasteiger partial charge on any atom is -0.385 e. The summed E-state index contributed by atoms with van der Waals surface area (Å²) in [6.07, 6.45) is 6.65. The van der Waals surface area contributed by atoms with Crippen LogP contribution < -0.4 is 0 Å². The van der Waals surface area contributed by atoms with Gasteiger partial charge in [0.15, 0.2) is 0 Å². The van der Waals surface area contributed by atoms with E-state index in [1.807, 2.05) is 0 Å². The summed E-state index contributed by atoms with van der Waals surface area (Å²) in [7, 11) is 1.78. The van der Waals surface area contributed by atoms with Gasteiger partial charge < -0.3 is 9.64 Å². The molecule has 0 amide bonds. The Morgan fingerprint density at radius 2 is 2.23 bits per heavy atom. The van der Waals surface area contributed by atoms with Crippen LogP contribution in [-0.4, -0.2) is 37.7 Å². The van der Waals surface area contributed by atoms with Crippen molar-refractivity contribution in [2.75, 3.05) is 26.8 Å². The van der Waals surface area contributed by atoms with Gasteiger partial charge in [-0.3, -0.25) is 0 Å². The molecule has 1 fully saturated rings. The van der Waals surface area contributed by atoms with Gasteiger partial charge in [-0.2, -0.15) is 0 Å². The van der Waals surface area contributed by atoms with Gasteiger partial charge in [-0.1, -0.05) is 6.92 Å². The third-order valence-corrected chi connectivity index (χ3v) is 3.01. The van der Waals surface area contributed by atoms with Crippen LogP contribution >= 0.6 is 0 Å². The second-order valence-corrected chi connectivity index (χ2v) is 3.94.